The molecule has 0 saturated carbocycles. The van der Waals surface area contributed by atoms with Gasteiger partial charge in [-0.1, -0.05) is 36.9 Å². The van der Waals surface area contributed by atoms with Gasteiger partial charge in [0.15, 0.2) is 0 Å². The lowest BCUT2D eigenvalue weighted by Gasteiger charge is -2.30. The molecule has 2 aromatic carbocycles. The molecule has 138 valence electrons. The van der Waals surface area contributed by atoms with Crippen LogP contribution in [0.15, 0.2) is 61.2 Å². The minimum Gasteiger partial charge on any atom is -0.378 e. The Kier molecular flexibility index (Phi) is 5.07. The van der Waals surface area contributed by atoms with E-state index in [-0.39, 0.29) is 5.56 Å². The summed E-state index contributed by atoms with van der Waals surface area (Å²) in [7, 11) is 0. The molecule has 1 saturated heterocycles. The van der Waals surface area contributed by atoms with Crippen molar-refractivity contribution < 1.29 is 23.0 Å². The van der Waals surface area contributed by atoms with Gasteiger partial charge >= 0.3 is 6.18 Å². The third-order valence-electron chi connectivity index (χ3n) is 4.61. The molecule has 6 heteroatoms. The highest BCUT2D eigenvalue weighted by molar-refractivity contribution is 5.51. The molecule has 1 fully saturated rings. The molecule has 3 rings (SSSR count). The van der Waals surface area contributed by atoms with Crippen LogP contribution in [0, 0.1) is 0 Å². The van der Waals surface area contributed by atoms with Crippen LogP contribution in [0.1, 0.15) is 16.7 Å². The van der Waals surface area contributed by atoms with E-state index >= 15 is 0 Å². The fourth-order valence-corrected chi connectivity index (χ4v) is 3.08. The Hall–Kier alpha value is -2.31. The third-order valence-corrected chi connectivity index (χ3v) is 4.61. The number of ether oxygens (including phenoxy) is 1. The normalized spacial score (nSPS) is 17.6. The van der Waals surface area contributed by atoms with Crippen LogP contribution >= 0.6 is 0 Å². The van der Waals surface area contributed by atoms with Crippen LogP contribution in [0.2, 0.25) is 0 Å². The maximum Gasteiger partial charge on any atom is 0.416 e. The fraction of sp³-hybridized carbons (Fsp3) is 0.300. The molecule has 0 amide bonds. The summed E-state index contributed by atoms with van der Waals surface area (Å²) in [5.74, 6) is 0. The predicted octanol–water partition coefficient (Wildman–Crippen LogP) is 3.96. The van der Waals surface area contributed by atoms with E-state index in [1.807, 2.05) is 12.1 Å². The van der Waals surface area contributed by atoms with E-state index < -0.39 is 17.3 Å². The maximum atomic E-state index is 13.0. The maximum absolute atomic E-state index is 13.0. The number of halogens is 3. The van der Waals surface area contributed by atoms with Crippen molar-refractivity contribution in [1.29, 1.82) is 0 Å². The lowest BCUT2D eigenvalue weighted by Crippen LogP contribution is -2.36. The second-order valence-electron chi connectivity index (χ2n) is 6.20. The van der Waals surface area contributed by atoms with Gasteiger partial charge in [0.2, 0.25) is 0 Å². The summed E-state index contributed by atoms with van der Waals surface area (Å²) in [6.07, 6.45) is -3.22. The topological polar surface area (TPSA) is 32.7 Å². The highest BCUT2D eigenvalue weighted by Gasteiger charge is 2.34. The summed E-state index contributed by atoms with van der Waals surface area (Å²) >= 11 is 0. The number of benzene rings is 2. The molecule has 1 unspecified atom stereocenters. The van der Waals surface area contributed by atoms with Crippen LogP contribution in [-0.2, 0) is 16.5 Å². The lowest BCUT2D eigenvalue weighted by molar-refractivity contribution is -0.137. The summed E-state index contributed by atoms with van der Waals surface area (Å²) < 4.78 is 44.3. The van der Waals surface area contributed by atoms with Crippen molar-refractivity contribution in [2.45, 2.75) is 11.8 Å². The SMILES string of the molecule is C=CC(O)(c1ccc(N2CCOCC2)cc1)c1cccc(C(F)(F)F)c1. The number of morpholine rings is 1. The molecule has 1 N–H and O–H groups in total. The van der Waals surface area contributed by atoms with Gasteiger partial charge in [0, 0.05) is 18.8 Å². The molecule has 0 bridgehead atoms. The smallest absolute Gasteiger partial charge is 0.378 e. The molecule has 26 heavy (non-hydrogen) atoms. The van der Waals surface area contributed by atoms with Crippen LogP contribution < -0.4 is 4.90 Å². The Bertz CT molecular complexity index is 767. The van der Waals surface area contributed by atoms with Crippen LogP contribution in [0.3, 0.4) is 0 Å². The van der Waals surface area contributed by atoms with E-state index in [1.165, 1.54) is 18.2 Å². The monoisotopic (exact) mass is 363 g/mol. The van der Waals surface area contributed by atoms with Crippen molar-refractivity contribution >= 4 is 5.69 Å². The van der Waals surface area contributed by atoms with E-state index in [0.29, 0.717) is 18.8 Å². The summed E-state index contributed by atoms with van der Waals surface area (Å²) in [4.78, 5) is 2.16. The van der Waals surface area contributed by atoms with Crippen molar-refractivity contribution in [3.8, 4) is 0 Å². The van der Waals surface area contributed by atoms with Gasteiger partial charge < -0.3 is 14.7 Å². The first kappa shape index (κ1) is 18.5. The minimum atomic E-state index is -4.47. The summed E-state index contributed by atoms with van der Waals surface area (Å²) in [5, 5.41) is 11.0. The van der Waals surface area contributed by atoms with Crippen LogP contribution in [0.5, 0.6) is 0 Å². The van der Waals surface area contributed by atoms with Crippen molar-refractivity contribution in [2.24, 2.45) is 0 Å². The quantitative estimate of drug-likeness (QED) is 0.835. The Morgan fingerprint density at radius 2 is 1.58 bits per heavy atom. The first-order valence-corrected chi connectivity index (χ1v) is 8.31. The average molecular weight is 363 g/mol. The van der Waals surface area contributed by atoms with Crippen LogP contribution in [-0.4, -0.2) is 31.4 Å². The lowest BCUT2D eigenvalue weighted by atomic mass is 9.85. The minimum absolute atomic E-state index is 0.126. The zero-order valence-electron chi connectivity index (χ0n) is 14.2. The molecule has 0 radical (unpaired) electrons. The van der Waals surface area contributed by atoms with E-state index in [4.69, 9.17) is 4.74 Å². The zero-order valence-corrected chi connectivity index (χ0v) is 14.2. The molecule has 1 aliphatic rings. The van der Waals surface area contributed by atoms with Gasteiger partial charge in [-0.15, -0.1) is 0 Å². The molecule has 1 atom stereocenters. The second kappa shape index (κ2) is 7.13. The van der Waals surface area contributed by atoms with E-state index in [1.54, 1.807) is 12.1 Å². The first-order chi connectivity index (χ1) is 12.3. The molecule has 0 spiro atoms. The summed E-state index contributed by atoms with van der Waals surface area (Å²) in [6, 6.07) is 11.8. The van der Waals surface area contributed by atoms with Crippen LogP contribution in [0.4, 0.5) is 18.9 Å². The Labute approximate surface area is 150 Å². The van der Waals surface area contributed by atoms with Crippen molar-refractivity contribution in [3.05, 3.63) is 77.9 Å². The van der Waals surface area contributed by atoms with Gasteiger partial charge in [-0.25, -0.2) is 0 Å². The van der Waals surface area contributed by atoms with Gasteiger partial charge in [-0.3, -0.25) is 0 Å². The fourth-order valence-electron chi connectivity index (χ4n) is 3.08. The summed E-state index contributed by atoms with van der Waals surface area (Å²) in [5.41, 5.74) is -0.942. The Balaban J connectivity index is 1.93. The average Bonchev–Trinajstić information content (AvgIpc) is 2.67. The molecular formula is C20H20F3NO2. The van der Waals surface area contributed by atoms with E-state index in [0.717, 1.165) is 30.9 Å². The Morgan fingerprint density at radius 3 is 2.15 bits per heavy atom. The van der Waals surface area contributed by atoms with Gasteiger partial charge in [-0.05, 0) is 35.4 Å². The van der Waals surface area contributed by atoms with Crippen molar-refractivity contribution in [2.75, 3.05) is 31.2 Å². The third kappa shape index (κ3) is 3.61. The standard InChI is InChI=1S/C20H20F3NO2/c1-2-19(25,16-4-3-5-17(14-16)20(21,22)23)15-6-8-18(9-7-15)24-10-12-26-13-11-24/h2-9,14,25H,1,10-13H2. The Morgan fingerprint density at radius 1 is 0.962 bits per heavy atom. The number of aliphatic hydroxyl groups is 1. The number of rotatable bonds is 4. The molecule has 0 aliphatic carbocycles. The first-order valence-electron chi connectivity index (χ1n) is 8.31. The highest BCUT2D eigenvalue weighted by Crippen LogP contribution is 2.36. The van der Waals surface area contributed by atoms with Crippen LogP contribution in [0.25, 0.3) is 0 Å². The van der Waals surface area contributed by atoms with Gasteiger partial charge in [0.1, 0.15) is 5.60 Å². The predicted molar refractivity (Wildman–Crippen MR) is 94.1 cm³/mol. The highest BCUT2D eigenvalue weighted by atomic mass is 19.4. The van der Waals surface area contributed by atoms with E-state index in [2.05, 4.69) is 11.5 Å². The molecule has 1 aliphatic heterocycles. The number of alkyl halides is 3. The number of hydrogen-bond acceptors (Lipinski definition) is 3. The van der Waals surface area contributed by atoms with Crippen molar-refractivity contribution in [3.63, 3.8) is 0 Å². The molecule has 2 aromatic rings. The number of hydrogen-bond donors (Lipinski definition) is 1. The second-order valence-corrected chi connectivity index (χ2v) is 6.20. The van der Waals surface area contributed by atoms with E-state index in [9.17, 15) is 18.3 Å². The molecule has 1 heterocycles. The summed E-state index contributed by atoms with van der Waals surface area (Å²) in [6.45, 7) is 6.50. The number of nitrogens with zero attached hydrogens (tertiary/aromatic N) is 1. The molecule has 0 aromatic heterocycles. The molecule has 3 nitrogen and oxygen atoms in total. The molecular weight excluding hydrogens is 343 g/mol. The van der Waals surface area contributed by atoms with Gasteiger partial charge in [-0.2, -0.15) is 13.2 Å². The van der Waals surface area contributed by atoms with Gasteiger partial charge in [0.25, 0.3) is 0 Å². The van der Waals surface area contributed by atoms with Gasteiger partial charge in [0.05, 0.1) is 18.8 Å². The van der Waals surface area contributed by atoms with Crippen molar-refractivity contribution in [1.82, 2.24) is 0 Å². The zero-order chi connectivity index (χ0) is 18.8. The number of anilines is 1. The largest absolute Gasteiger partial charge is 0.416 e.